The Morgan fingerprint density at radius 3 is 2.67 bits per heavy atom. The molecule has 0 saturated heterocycles. The Balaban J connectivity index is 3.06. The minimum atomic E-state index is -4.67. The van der Waals surface area contributed by atoms with Crippen molar-refractivity contribution in [3.05, 3.63) is 16.4 Å². The molecule has 1 N–H and O–H groups in total. The summed E-state index contributed by atoms with van der Waals surface area (Å²) < 4.78 is 38.2. The van der Waals surface area contributed by atoms with Crippen LogP contribution in [0, 0.1) is 0 Å². The first-order valence-corrected chi connectivity index (χ1v) is 5.13. The molecule has 0 aromatic carbocycles. The van der Waals surface area contributed by atoms with Gasteiger partial charge < -0.3 is 5.11 Å². The average Bonchev–Trinajstić information content (AvgIpc) is 2.45. The van der Waals surface area contributed by atoms with Gasteiger partial charge in [0.1, 0.15) is 0 Å². The van der Waals surface area contributed by atoms with Crippen molar-refractivity contribution in [1.29, 1.82) is 0 Å². The van der Waals surface area contributed by atoms with Crippen LogP contribution in [0.5, 0.6) is 0 Å². The lowest BCUT2D eigenvalue weighted by molar-refractivity contribution is -0.209. The van der Waals surface area contributed by atoms with E-state index in [0.29, 0.717) is 13.0 Å². The van der Waals surface area contributed by atoms with Crippen LogP contribution >= 0.6 is 15.9 Å². The lowest BCUT2D eigenvalue weighted by Crippen LogP contribution is -2.23. The van der Waals surface area contributed by atoms with E-state index >= 15 is 0 Å². The van der Waals surface area contributed by atoms with Gasteiger partial charge in [-0.1, -0.05) is 6.92 Å². The maximum absolute atomic E-state index is 12.3. The molecule has 7 heteroatoms. The number of nitrogens with zero attached hydrogens (tertiary/aromatic N) is 2. The van der Waals surface area contributed by atoms with Crippen LogP contribution in [0.2, 0.25) is 0 Å². The Morgan fingerprint density at radius 2 is 2.20 bits per heavy atom. The highest BCUT2D eigenvalue weighted by molar-refractivity contribution is 9.10. The predicted octanol–water partition coefficient (Wildman–Crippen LogP) is 2.65. The van der Waals surface area contributed by atoms with Gasteiger partial charge in [-0.2, -0.15) is 18.3 Å². The number of aliphatic hydroxyl groups excluding tert-OH is 1. The number of alkyl halides is 3. The lowest BCUT2D eigenvalue weighted by Gasteiger charge is -2.16. The molecule has 15 heavy (non-hydrogen) atoms. The fourth-order valence-electron chi connectivity index (χ4n) is 1.19. The van der Waals surface area contributed by atoms with Crippen molar-refractivity contribution in [2.24, 2.45) is 0 Å². The number of rotatable bonds is 3. The van der Waals surface area contributed by atoms with Crippen LogP contribution in [-0.4, -0.2) is 21.1 Å². The van der Waals surface area contributed by atoms with Crippen LogP contribution in [0.3, 0.4) is 0 Å². The van der Waals surface area contributed by atoms with Crippen molar-refractivity contribution in [2.45, 2.75) is 32.2 Å². The summed E-state index contributed by atoms with van der Waals surface area (Å²) in [7, 11) is 0. The van der Waals surface area contributed by atoms with Crippen LogP contribution < -0.4 is 0 Å². The van der Waals surface area contributed by atoms with Gasteiger partial charge in [-0.15, -0.1) is 0 Å². The van der Waals surface area contributed by atoms with E-state index in [9.17, 15) is 13.2 Å². The Kier molecular flexibility index (Phi) is 3.77. The summed E-state index contributed by atoms with van der Waals surface area (Å²) >= 11 is 2.94. The van der Waals surface area contributed by atoms with Gasteiger partial charge in [0.25, 0.3) is 0 Å². The molecule has 86 valence electrons. The number of hydrogen-bond acceptors (Lipinski definition) is 2. The Hall–Kier alpha value is -0.560. The largest absolute Gasteiger partial charge is 0.420 e. The van der Waals surface area contributed by atoms with Gasteiger partial charge in [-0.05, 0) is 22.4 Å². The molecule has 1 rings (SSSR count). The molecule has 0 bridgehead atoms. The second-order valence-corrected chi connectivity index (χ2v) is 3.90. The highest BCUT2D eigenvalue weighted by Gasteiger charge is 2.42. The maximum Gasteiger partial charge on any atom is 0.420 e. The third-order valence-corrected chi connectivity index (χ3v) is 2.45. The zero-order chi connectivity index (χ0) is 11.6. The third kappa shape index (κ3) is 2.72. The molecule has 0 unspecified atom stereocenters. The Labute approximate surface area is 93.0 Å². The standard InChI is InChI=1S/C8H10BrF3N2O/c1-2-3-14-6(5(9)4-13-14)7(15)8(10,11)12/h4,7,15H,2-3H2,1H3/t7-/m1/s1. The van der Waals surface area contributed by atoms with E-state index in [0.717, 1.165) is 4.68 Å². The Morgan fingerprint density at radius 1 is 1.60 bits per heavy atom. The van der Waals surface area contributed by atoms with E-state index in [1.807, 2.05) is 6.92 Å². The molecule has 0 aliphatic heterocycles. The SMILES string of the molecule is CCCn1ncc(Br)c1[C@@H](O)C(F)(F)F. The maximum atomic E-state index is 12.3. The summed E-state index contributed by atoms with van der Waals surface area (Å²) in [6.07, 6.45) is -5.28. The number of halogens is 4. The van der Waals surface area contributed by atoms with Gasteiger partial charge in [-0.3, -0.25) is 4.68 Å². The molecule has 1 aromatic rings. The van der Waals surface area contributed by atoms with Gasteiger partial charge >= 0.3 is 6.18 Å². The zero-order valence-corrected chi connectivity index (χ0v) is 9.51. The first-order chi connectivity index (χ1) is 6.88. The van der Waals surface area contributed by atoms with Crippen LogP contribution in [0.25, 0.3) is 0 Å². The Bertz CT molecular complexity index is 337. The second-order valence-electron chi connectivity index (χ2n) is 3.05. The lowest BCUT2D eigenvalue weighted by atomic mass is 10.2. The molecule has 1 aromatic heterocycles. The monoisotopic (exact) mass is 286 g/mol. The summed E-state index contributed by atoms with van der Waals surface area (Å²) in [5, 5.41) is 12.9. The summed E-state index contributed by atoms with van der Waals surface area (Å²) in [4.78, 5) is 0. The predicted molar refractivity (Wildman–Crippen MR) is 51.2 cm³/mol. The first kappa shape index (κ1) is 12.5. The van der Waals surface area contributed by atoms with Crippen molar-refractivity contribution < 1.29 is 18.3 Å². The zero-order valence-electron chi connectivity index (χ0n) is 7.92. The summed E-state index contributed by atoms with van der Waals surface area (Å²) in [5.41, 5.74) is -0.246. The fraction of sp³-hybridized carbons (Fsp3) is 0.625. The molecule has 0 aliphatic rings. The van der Waals surface area contributed by atoms with Crippen LogP contribution in [0.4, 0.5) is 13.2 Å². The van der Waals surface area contributed by atoms with E-state index in [1.54, 1.807) is 0 Å². The molecule has 0 aliphatic carbocycles. The minimum Gasteiger partial charge on any atom is -0.378 e. The molecule has 1 heterocycles. The number of aryl methyl sites for hydroxylation is 1. The van der Waals surface area contributed by atoms with Crippen molar-refractivity contribution in [3.8, 4) is 0 Å². The fourth-order valence-corrected chi connectivity index (χ4v) is 1.70. The topological polar surface area (TPSA) is 38.0 Å². The van der Waals surface area contributed by atoms with Gasteiger partial charge in [0.2, 0.25) is 0 Å². The highest BCUT2D eigenvalue weighted by atomic mass is 79.9. The van der Waals surface area contributed by atoms with Gasteiger partial charge in [-0.25, -0.2) is 0 Å². The molecule has 1 atom stereocenters. The molecule has 0 amide bonds. The second kappa shape index (κ2) is 4.52. The summed E-state index contributed by atoms with van der Waals surface area (Å²) in [5.74, 6) is 0. The van der Waals surface area contributed by atoms with E-state index < -0.39 is 12.3 Å². The molecule has 3 nitrogen and oxygen atoms in total. The molecule has 0 spiro atoms. The first-order valence-electron chi connectivity index (χ1n) is 4.34. The van der Waals surface area contributed by atoms with Crippen molar-refractivity contribution >= 4 is 15.9 Å². The van der Waals surface area contributed by atoms with Crippen molar-refractivity contribution in [3.63, 3.8) is 0 Å². The van der Waals surface area contributed by atoms with Crippen molar-refractivity contribution in [2.75, 3.05) is 0 Å². The highest BCUT2D eigenvalue weighted by Crippen LogP contribution is 2.35. The van der Waals surface area contributed by atoms with Crippen LogP contribution in [0.1, 0.15) is 25.1 Å². The normalized spacial score (nSPS) is 14.3. The smallest absolute Gasteiger partial charge is 0.378 e. The van der Waals surface area contributed by atoms with Gasteiger partial charge in [0.15, 0.2) is 6.10 Å². The van der Waals surface area contributed by atoms with Crippen LogP contribution in [-0.2, 0) is 6.54 Å². The average molecular weight is 287 g/mol. The van der Waals surface area contributed by atoms with E-state index in [4.69, 9.17) is 5.11 Å². The van der Waals surface area contributed by atoms with Crippen molar-refractivity contribution in [1.82, 2.24) is 9.78 Å². The quantitative estimate of drug-likeness (QED) is 0.928. The number of hydrogen-bond donors (Lipinski definition) is 1. The minimum absolute atomic E-state index is 0.167. The van der Waals surface area contributed by atoms with E-state index in [1.165, 1.54) is 6.20 Å². The van der Waals surface area contributed by atoms with E-state index in [2.05, 4.69) is 21.0 Å². The molecular formula is C8H10BrF3N2O. The molecule has 0 saturated carbocycles. The van der Waals surface area contributed by atoms with Gasteiger partial charge in [0, 0.05) is 6.54 Å². The number of aliphatic hydroxyl groups is 1. The molecule has 0 radical (unpaired) electrons. The third-order valence-electron chi connectivity index (χ3n) is 1.84. The van der Waals surface area contributed by atoms with Gasteiger partial charge in [0.05, 0.1) is 16.4 Å². The summed E-state index contributed by atoms with van der Waals surface area (Å²) in [6, 6.07) is 0. The van der Waals surface area contributed by atoms with Crippen LogP contribution in [0.15, 0.2) is 10.7 Å². The molecular weight excluding hydrogens is 277 g/mol. The van der Waals surface area contributed by atoms with E-state index in [-0.39, 0.29) is 10.2 Å². The molecule has 0 fully saturated rings. The summed E-state index contributed by atoms with van der Waals surface area (Å²) in [6.45, 7) is 2.16. The number of aromatic nitrogens is 2.